The Hall–Kier alpha value is -1.52. The Morgan fingerprint density at radius 2 is 2.38 bits per heavy atom. The molecule has 0 aliphatic carbocycles. The second-order valence-corrected chi connectivity index (χ2v) is 3.05. The van der Waals surface area contributed by atoms with Gasteiger partial charge in [-0.1, -0.05) is 5.16 Å². The third-order valence-electron chi connectivity index (χ3n) is 1.78. The van der Waals surface area contributed by atoms with Crippen LogP contribution in [0.3, 0.4) is 0 Å². The number of amides is 2. The molecule has 13 heavy (non-hydrogen) atoms. The molecular weight excluding hydrogens is 170 g/mol. The van der Waals surface area contributed by atoms with E-state index in [0.717, 1.165) is 0 Å². The number of urea groups is 1. The van der Waals surface area contributed by atoms with E-state index in [1.807, 2.05) is 13.8 Å². The van der Waals surface area contributed by atoms with Crippen molar-refractivity contribution < 1.29 is 9.32 Å². The van der Waals surface area contributed by atoms with E-state index < -0.39 is 0 Å². The van der Waals surface area contributed by atoms with Crippen molar-refractivity contribution >= 4 is 11.7 Å². The third kappa shape index (κ3) is 2.47. The number of nitrogens with zero attached hydrogens (tertiary/aromatic N) is 2. The van der Waals surface area contributed by atoms with E-state index in [1.54, 1.807) is 11.9 Å². The number of rotatable bonds is 2. The molecule has 1 aromatic heterocycles. The van der Waals surface area contributed by atoms with Crippen LogP contribution in [-0.4, -0.2) is 29.2 Å². The minimum atomic E-state index is -0.168. The van der Waals surface area contributed by atoms with Crippen molar-refractivity contribution in [3.63, 3.8) is 0 Å². The van der Waals surface area contributed by atoms with Crippen molar-refractivity contribution in [3.05, 3.63) is 12.5 Å². The summed E-state index contributed by atoms with van der Waals surface area (Å²) in [6.07, 6.45) is 2.83. The lowest BCUT2D eigenvalue weighted by molar-refractivity contribution is 0.211. The summed E-state index contributed by atoms with van der Waals surface area (Å²) in [5, 5.41) is 6.10. The molecule has 5 heteroatoms. The first-order valence-electron chi connectivity index (χ1n) is 4.04. The van der Waals surface area contributed by atoms with Crippen molar-refractivity contribution in [2.24, 2.45) is 0 Å². The molecule has 0 atom stereocenters. The third-order valence-corrected chi connectivity index (χ3v) is 1.78. The minimum Gasteiger partial charge on any atom is -0.363 e. The fourth-order valence-corrected chi connectivity index (χ4v) is 0.713. The smallest absolute Gasteiger partial charge is 0.321 e. The first kappa shape index (κ1) is 9.57. The molecule has 2 amide bonds. The van der Waals surface area contributed by atoms with Gasteiger partial charge >= 0.3 is 6.03 Å². The van der Waals surface area contributed by atoms with Crippen LogP contribution in [0.1, 0.15) is 13.8 Å². The fraction of sp³-hybridized carbons (Fsp3) is 0.500. The summed E-state index contributed by atoms with van der Waals surface area (Å²) in [7, 11) is 1.73. The van der Waals surface area contributed by atoms with E-state index in [1.165, 1.54) is 12.5 Å². The van der Waals surface area contributed by atoms with Gasteiger partial charge in [0.05, 0.1) is 6.20 Å². The molecule has 0 spiro atoms. The molecule has 0 bridgehead atoms. The molecule has 1 heterocycles. The molecule has 0 radical (unpaired) electrons. The highest BCUT2D eigenvalue weighted by atomic mass is 16.5. The quantitative estimate of drug-likeness (QED) is 0.756. The number of hydrogen-bond donors (Lipinski definition) is 1. The Labute approximate surface area is 76.7 Å². The normalized spacial score (nSPS) is 10.2. The molecule has 1 N–H and O–H groups in total. The largest absolute Gasteiger partial charge is 0.363 e. The van der Waals surface area contributed by atoms with Crippen LogP contribution < -0.4 is 5.32 Å². The van der Waals surface area contributed by atoms with E-state index in [9.17, 15) is 4.79 Å². The Balaban J connectivity index is 2.51. The Morgan fingerprint density at radius 1 is 1.69 bits per heavy atom. The van der Waals surface area contributed by atoms with Gasteiger partial charge < -0.3 is 14.7 Å². The van der Waals surface area contributed by atoms with Crippen LogP contribution in [0.2, 0.25) is 0 Å². The van der Waals surface area contributed by atoms with Crippen molar-refractivity contribution in [2.75, 3.05) is 12.4 Å². The zero-order valence-electron chi connectivity index (χ0n) is 7.94. The summed E-state index contributed by atoms with van der Waals surface area (Å²) in [4.78, 5) is 13.0. The van der Waals surface area contributed by atoms with Crippen molar-refractivity contribution in [3.8, 4) is 0 Å². The summed E-state index contributed by atoms with van der Waals surface area (Å²) in [6.45, 7) is 3.88. The summed E-state index contributed by atoms with van der Waals surface area (Å²) in [5.41, 5.74) is 0.567. The number of carbonyl (C=O) groups is 1. The maximum Gasteiger partial charge on any atom is 0.321 e. The molecular formula is C8H13N3O2. The van der Waals surface area contributed by atoms with Gasteiger partial charge in [-0.05, 0) is 13.8 Å². The van der Waals surface area contributed by atoms with Crippen LogP contribution in [0.5, 0.6) is 0 Å². The number of aromatic nitrogens is 1. The average molecular weight is 183 g/mol. The van der Waals surface area contributed by atoms with Gasteiger partial charge in [0.25, 0.3) is 0 Å². The molecule has 0 unspecified atom stereocenters. The van der Waals surface area contributed by atoms with E-state index >= 15 is 0 Å². The maximum absolute atomic E-state index is 11.4. The number of carbonyl (C=O) groups excluding carboxylic acids is 1. The predicted molar refractivity (Wildman–Crippen MR) is 48.4 cm³/mol. The molecule has 72 valence electrons. The molecule has 0 aliphatic rings. The first-order valence-corrected chi connectivity index (χ1v) is 4.04. The Kier molecular flexibility index (Phi) is 2.89. The van der Waals surface area contributed by atoms with E-state index in [0.29, 0.717) is 5.69 Å². The number of hydrogen-bond acceptors (Lipinski definition) is 3. The molecule has 0 saturated carbocycles. The average Bonchev–Trinajstić information content (AvgIpc) is 2.55. The highest BCUT2D eigenvalue weighted by Crippen LogP contribution is 2.05. The molecule has 1 aromatic rings. The van der Waals surface area contributed by atoms with Gasteiger partial charge in [-0.2, -0.15) is 0 Å². The molecule has 0 fully saturated rings. The van der Waals surface area contributed by atoms with Crippen molar-refractivity contribution in [2.45, 2.75) is 19.9 Å². The van der Waals surface area contributed by atoms with Crippen molar-refractivity contribution in [1.29, 1.82) is 0 Å². The Morgan fingerprint density at radius 3 is 2.85 bits per heavy atom. The number of nitrogens with one attached hydrogen (secondary N) is 1. The lowest BCUT2D eigenvalue weighted by atomic mass is 10.4. The van der Waals surface area contributed by atoms with Crippen LogP contribution >= 0.6 is 0 Å². The maximum atomic E-state index is 11.4. The second kappa shape index (κ2) is 3.93. The number of anilines is 1. The van der Waals surface area contributed by atoms with Crippen LogP contribution in [0.15, 0.2) is 17.0 Å². The predicted octanol–water partition coefficient (Wildman–Crippen LogP) is 1.55. The van der Waals surface area contributed by atoms with E-state index in [-0.39, 0.29) is 12.1 Å². The van der Waals surface area contributed by atoms with E-state index in [2.05, 4.69) is 15.0 Å². The fourth-order valence-electron chi connectivity index (χ4n) is 0.713. The van der Waals surface area contributed by atoms with Crippen LogP contribution in [0.4, 0.5) is 10.5 Å². The Bertz CT molecular complexity index is 269. The lowest BCUT2D eigenvalue weighted by Crippen LogP contribution is -2.36. The lowest BCUT2D eigenvalue weighted by Gasteiger charge is -2.20. The molecule has 0 saturated heterocycles. The highest BCUT2D eigenvalue weighted by molar-refractivity contribution is 5.88. The topological polar surface area (TPSA) is 58.4 Å². The van der Waals surface area contributed by atoms with Crippen LogP contribution in [0.25, 0.3) is 0 Å². The zero-order valence-corrected chi connectivity index (χ0v) is 7.94. The van der Waals surface area contributed by atoms with Crippen molar-refractivity contribution in [1.82, 2.24) is 10.1 Å². The monoisotopic (exact) mass is 183 g/mol. The van der Waals surface area contributed by atoms with Gasteiger partial charge in [0, 0.05) is 13.1 Å². The van der Waals surface area contributed by atoms with E-state index in [4.69, 9.17) is 0 Å². The minimum absolute atomic E-state index is 0.167. The van der Waals surface area contributed by atoms with Gasteiger partial charge in [0.1, 0.15) is 12.0 Å². The highest BCUT2D eigenvalue weighted by Gasteiger charge is 2.11. The summed E-state index contributed by atoms with van der Waals surface area (Å²) >= 11 is 0. The van der Waals surface area contributed by atoms with Gasteiger partial charge in [-0.25, -0.2) is 4.79 Å². The van der Waals surface area contributed by atoms with Gasteiger partial charge in [0.2, 0.25) is 0 Å². The molecule has 1 rings (SSSR count). The van der Waals surface area contributed by atoms with Gasteiger partial charge in [-0.15, -0.1) is 0 Å². The molecule has 0 aliphatic heterocycles. The second-order valence-electron chi connectivity index (χ2n) is 3.05. The van der Waals surface area contributed by atoms with Crippen LogP contribution in [0, 0.1) is 0 Å². The zero-order chi connectivity index (χ0) is 9.84. The van der Waals surface area contributed by atoms with Gasteiger partial charge in [-0.3, -0.25) is 0 Å². The SMILES string of the molecule is CC(C)N(C)C(=O)Nc1cnoc1. The summed E-state index contributed by atoms with van der Waals surface area (Å²) < 4.78 is 4.57. The summed E-state index contributed by atoms with van der Waals surface area (Å²) in [5.74, 6) is 0. The molecule has 0 aromatic carbocycles. The van der Waals surface area contributed by atoms with Crippen LogP contribution in [-0.2, 0) is 0 Å². The summed E-state index contributed by atoms with van der Waals surface area (Å²) in [6, 6.07) is -0.00180. The van der Waals surface area contributed by atoms with Gasteiger partial charge in [0.15, 0.2) is 0 Å². The molecule has 5 nitrogen and oxygen atoms in total. The first-order chi connectivity index (χ1) is 6.11. The standard InChI is InChI=1S/C8H13N3O2/c1-6(2)11(3)8(12)10-7-4-9-13-5-7/h4-6H,1-3H3,(H,10,12).